The van der Waals surface area contributed by atoms with E-state index in [4.69, 9.17) is 5.11 Å². The molecule has 0 unspecified atom stereocenters. The van der Waals surface area contributed by atoms with Crippen molar-refractivity contribution in [2.45, 2.75) is 6.92 Å². The Kier molecular flexibility index (Phi) is 4.66. The molecule has 6 heteroatoms. The van der Waals surface area contributed by atoms with Crippen LogP contribution >= 0.6 is 0 Å². The number of amides is 1. The van der Waals surface area contributed by atoms with E-state index in [0.717, 1.165) is 6.08 Å². The second-order valence-electron chi connectivity index (χ2n) is 4.84. The van der Waals surface area contributed by atoms with Crippen LogP contribution in [0.5, 0.6) is 11.5 Å². The van der Waals surface area contributed by atoms with Crippen molar-refractivity contribution in [2.24, 2.45) is 0 Å². The number of carboxylic acid groups (broad SMARTS) is 1. The lowest BCUT2D eigenvalue weighted by Crippen LogP contribution is -2.27. The second kappa shape index (κ2) is 6.65. The molecule has 2 aromatic rings. The molecule has 2 aromatic carbocycles. The van der Waals surface area contributed by atoms with Gasteiger partial charge in [-0.3, -0.25) is 9.69 Å². The lowest BCUT2D eigenvalue weighted by Gasteiger charge is -2.23. The van der Waals surface area contributed by atoms with Crippen molar-refractivity contribution >= 4 is 23.3 Å². The van der Waals surface area contributed by atoms with Gasteiger partial charge >= 0.3 is 5.97 Å². The highest BCUT2D eigenvalue weighted by atomic mass is 16.4. The second-order valence-corrected chi connectivity index (χ2v) is 4.84. The Morgan fingerprint density at radius 1 is 0.870 bits per heavy atom. The molecule has 6 nitrogen and oxygen atoms in total. The first-order chi connectivity index (χ1) is 10.9. The van der Waals surface area contributed by atoms with E-state index in [2.05, 4.69) is 0 Å². The van der Waals surface area contributed by atoms with Crippen molar-refractivity contribution in [3.63, 3.8) is 0 Å². The third kappa shape index (κ3) is 3.88. The largest absolute Gasteiger partial charge is 0.508 e. The highest BCUT2D eigenvalue weighted by Crippen LogP contribution is 2.29. The number of aliphatic carboxylic acids is 1. The monoisotopic (exact) mass is 313 g/mol. The molecule has 0 aromatic heterocycles. The van der Waals surface area contributed by atoms with Gasteiger partial charge in [0, 0.05) is 23.0 Å². The van der Waals surface area contributed by atoms with E-state index in [-0.39, 0.29) is 17.1 Å². The summed E-state index contributed by atoms with van der Waals surface area (Å²) in [5, 5.41) is 27.6. The molecule has 0 atom stereocenters. The van der Waals surface area contributed by atoms with Gasteiger partial charge in [-0.05, 0) is 55.5 Å². The third-order valence-electron chi connectivity index (χ3n) is 3.10. The first-order valence-electron chi connectivity index (χ1n) is 6.72. The lowest BCUT2D eigenvalue weighted by atomic mass is 10.1. The van der Waals surface area contributed by atoms with Gasteiger partial charge in [0.05, 0.1) is 0 Å². The molecule has 0 spiro atoms. The third-order valence-corrected chi connectivity index (χ3v) is 3.10. The van der Waals surface area contributed by atoms with E-state index >= 15 is 0 Å². The van der Waals surface area contributed by atoms with Gasteiger partial charge in [0.1, 0.15) is 11.5 Å². The summed E-state index contributed by atoms with van der Waals surface area (Å²) in [5.74, 6) is -1.65. The van der Waals surface area contributed by atoms with Crippen molar-refractivity contribution in [1.29, 1.82) is 0 Å². The van der Waals surface area contributed by atoms with Crippen molar-refractivity contribution in [2.75, 3.05) is 4.90 Å². The van der Waals surface area contributed by atoms with Crippen LogP contribution in [0.4, 0.5) is 11.4 Å². The zero-order valence-corrected chi connectivity index (χ0v) is 12.3. The van der Waals surface area contributed by atoms with Crippen LogP contribution in [0.2, 0.25) is 0 Å². The molecule has 0 saturated heterocycles. The van der Waals surface area contributed by atoms with Crippen LogP contribution in [0.3, 0.4) is 0 Å². The average Bonchev–Trinajstić information content (AvgIpc) is 2.50. The summed E-state index contributed by atoms with van der Waals surface area (Å²) in [6, 6.07) is 11.8. The van der Waals surface area contributed by atoms with Gasteiger partial charge in [0.25, 0.3) is 5.91 Å². The molecule has 23 heavy (non-hydrogen) atoms. The molecule has 2 rings (SSSR count). The summed E-state index contributed by atoms with van der Waals surface area (Å²) >= 11 is 0. The molecule has 0 aliphatic rings. The number of anilines is 2. The highest BCUT2D eigenvalue weighted by Gasteiger charge is 2.20. The average molecular weight is 313 g/mol. The predicted octanol–water partition coefficient (Wildman–Crippen LogP) is 2.79. The number of carboxylic acids is 1. The van der Waals surface area contributed by atoms with Gasteiger partial charge in [-0.2, -0.15) is 0 Å². The summed E-state index contributed by atoms with van der Waals surface area (Å²) in [6.45, 7) is 1.41. The molecule has 0 bridgehead atoms. The quantitative estimate of drug-likeness (QED) is 0.754. The summed E-state index contributed by atoms with van der Waals surface area (Å²) in [6.07, 6.45) is 0.830. The normalized spacial score (nSPS) is 11.1. The van der Waals surface area contributed by atoms with Crippen molar-refractivity contribution in [3.05, 3.63) is 60.2 Å². The molecule has 0 radical (unpaired) electrons. The highest BCUT2D eigenvalue weighted by molar-refractivity contribution is 6.12. The standard InChI is InChI=1S/C17H15NO5/c1-11(10-16(21)22)17(23)18(12-2-6-14(19)7-3-12)13-4-8-15(20)9-5-13/h2-10,19-20H,1H3,(H,21,22)/b11-10-. The number of rotatable bonds is 4. The SMILES string of the molecule is C/C(=C/C(=O)O)C(=O)N(c1ccc(O)cc1)c1ccc(O)cc1. The fourth-order valence-electron chi connectivity index (χ4n) is 2.01. The van der Waals surface area contributed by atoms with Gasteiger partial charge in [0.2, 0.25) is 0 Å². The number of phenolic OH excluding ortho intramolecular Hbond substituents is 2. The molecular formula is C17H15NO5. The first kappa shape index (κ1) is 16.1. The van der Waals surface area contributed by atoms with Crippen molar-refractivity contribution < 1.29 is 24.9 Å². The van der Waals surface area contributed by atoms with E-state index in [1.807, 2.05) is 0 Å². The fourth-order valence-corrected chi connectivity index (χ4v) is 2.01. The number of aromatic hydroxyl groups is 2. The maximum Gasteiger partial charge on any atom is 0.328 e. The van der Waals surface area contributed by atoms with Crippen LogP contribution in [0.25, 0.3) is 0 Å². The van der Waals surface area contributed by atoms with E-state index in [0.29, 0.717) is 11.4 Å². The smallest absolute Gasteiger partial charge is 0.328 e. The fraction of sp³-hybridized carbons (Fsp3) is 0.0588. The Bertz CT molecular complexity index is 702. The maximum absolute atomic E-state index is 12.6. The zero-order chi connectivity index (χ0) is 17.0. The summed E-state index contributed by atoms with van der Waals surface area (Å²) < 4.78 is 0. The Labute approximate surface area is 132 Å². The van der Waals surface area contributed by atoms with Crippen LogP contribution in [-0.4, -0.2) is 27.2 Å². The summed E-state index contributed by atoms with van der Waals surface area (Å²) in [7, 11) is 0. The Hall–Kier alpha value is -3.28. The van der Waals surface area contributed by atoms with E-state index < -0.39 is 11.9 Å². The number of hydrogen-bond acceptors (Lipinski definition) is 4. The van der Waals surface area contributed by atoms with Gasteiger partial charge in [-0.1, -0.05) is 0 Å². The van der Waals surface area contributed by atoms with E-state index in [9.17, 15) is 19.8 Å². The number of carbonyl (C=O) groups is 2. The minimum absolute atomic E-state index is 0.0404. The van der Waals surface area contributed by atoms with Gasteiger partial charge < -0.3 is 15.3 Å². The summed E-state index contributed by atoms with van der Waals surface area (Å²) in [4.78, 5) is 24.7. The van der Waals surface area contributed by atoms with Crippen molar-refractivity contribution in [1.82, 2.24) is 0 Å². The van der Waals surface area contributed by atoms with Crippen LogP contribution in [0, 0.1) is 0 Å². The van der Waals surface area contributed by atoms with Gasteiger partial charge in [-0.15, -0.1) is 0 Å². The van der Waals surface area contributed by atoms with Gasteiger partial charge in [0.15, 0.2) is 0 Å². The molecule has 0 fully saturated rings. The Morgan fingerprint density at radius 2 is 1.26 bits per heavy atom. The topological polar surface area (TPSA) is 98.1 Å². The van der Waals surface area contributed by atoms with E-state index in [1.165, 1.54) is 60.4 Å². The van der Waals surface area contributed by atoms with Gasteiger partial charge in [-0.25, -0.2) is 4.79 Å². The molecule has 0 aliphatic heterocycles. The molecule has 118 valence electrons. The molecular weight excluding hydrogens is 298 g/mol. The Morgan fingerprint density at radius 3 is 1.61 bits per heavy atom. The predicted molar refractivity (Wildman–Crippen MR) is 84.8 cm³/mol. The minimum atomic E-state index is -1.22. The number of benzene rings is 2. The van der Waals surface area contributed by atoms with Crippen LogP contribution in [0.1, 0.15) is 6.92 Å². The molecule has 0 saturated carbocycles. The van der Waals surface area contributed by atoms with Crippen LogP contribution in [0.15, 0.2) is 60.2 Å². The number of hydrogen-bond donors (Lipinski definition) is 3. The number of phenols is 2. The molecule has 0 aliphatic carbocycles. The molecule has 3 N–H and O–H groups in total. The molecule has 0 heterocycles. The van der Waals surface area contributed by atoms with Crippen LogP contribution in [-0.2, 0) is 9.59 Å². The first-order valence-corrected chi connectivity index (χ1v) is 6.72. The van der Waals surface area contributed by atoms with Crippen molar-refractivity contribution in [3.8, 4) is 11.5 Å². The number of nitrogens with zero attached hydrogens (tertiary/aromatic N) is 1. The maximum atomic E-state index is 12.6. The Balaban J connectivity index is 2.51. The van der Waals surface area contributed by atoms with E-state index in [1.54, 1.807) is 0 Å². The zero-order valence-electron chi connectivity index (χ0n) is 12.3. The molecule has 1 amide bonds. The van der Waals surface area contributed by atoms with Crippen LogP contribution < -0.4 is 4.90 Å². The minimum Gasteiger partial charge on any atom is -0.508 e. The lowest BCUT2D eigenvalue weighted by molar-refractivity contribution is -0.131. The summed E-state index contributed by atoms with van der Waals surface area (Å²) in [5.41, 5.74) is 0.951. The number of carbonyl (C=O) groups excluding carboxylic acids is 1.